The predicted molar refractivity (Wildman–Crippen MR) is 80.0 cm³/mol. The van der Waals surface area contributed by atoms with Crippen molar-refractivity contribution in [2.75, 3.05) is 0 Å². The maximum absolute atomic E-state index is 4.78. The minimum atomic E-state index is 0.193. The van der Waals surface area contributed by atoms with E-state index < -0.39 is 0 Å². The topological polar surface area (TPSA) is 38.1 Å². The fraction of sp³-hybridized carbons (Fsp3) is 0.353. The van der Waals surface area contributed by atoms with Crippen molar-refractivity contribution in [3.8, 4) is 11.1 Å². The Kier molecular flexibility index (Phi) is 2.66. The van der Waals surface area contributed by atoms with E-state index in [0.29, 0.717) is 0 Å². The van der Waals surface area contributed by atoms with E-state index in [-0.39, 0.29) is 5.54 Å². The molecule has 0 saturated carbocycles. The zero-order chi connectivity index (χ0) is 13.4. The summed E-state index contributed by atoms with van der Waals surface area (Å²) in [5.74, 6) is 0. The van der Waals surface area contributed by atoms with Gasteiger partial charge in [-0.1, -0.05) is 18.2 Å². The molecule has 2 aromatic rings. The maximum Gasteiger partial charge on any atom is 0.115 e. The summed E-state index contributed by atoms with van der Waals surface area (Å²) in [5.41, 5.74) is 5.53. The summed E-state index contributed by atoms with van der Waals surface area (Å²) < 4.78 is 0. The van der Waals surface area contributed by atoms with Crippen LogP contribution in [0.25, 0.3) is 11.1 Å². The summed E-state index contributed by atoms with van der Waals surface area (Å²) in [4.78, 5) is 13.1. The van der Waals surface area contributed by atoms with Crippen molar-refractivity contribution in [2.24, 2.45) is 4.99 Å². The molecule has 2 heterocycles. The van der Waals surface area contributed by atoms with Crippen LogP contribution in [0.15, 0.2) is 41.9 Å². The number of nitrogens with zero attached hydrogens (tertiary/aromatic N) is 3. The lowest BCUT2D eigenvalue weighted by atomic mass is 9.75. The van der Waals surface area contributed by atoms with Crippen LogP contribution in [0, 0.1) is 0 Å². The molecule has 0 amide bonds. The van der Waals surface area contributed by atoms with Crippen LogP contribution in [-0.4, -0.2) is 21.7 Å². The van der Waals surface area contributed by atoms with Crippen LogP contribution >= 0.6 is 0 Å². The van der Waals surface area contributed by atoms with Crippen molar-refractivity contribution in [3.63, 3.8) is 0 Å². The Labute approximate surface area is 118 Å². The lowest BCUT2D eigenvalue weighted by Crippen LogP contribution is -2.31. The quantitative estimate of drug-likeness (QED) is 0.792. The van der Waals surface area contributed by atoms with E-state index in [1.54, 1.807) is 6.33 Å². The molecule has 100 valence electrons. The fourth-order valence-electron chi connectivity index (χ4n) is 3.58. The molecule has 3 nitrogen and oxygen atoms in total. The Bertz CT molecular complexity index is 663. The molecule has 2 aliphatic rings. The average Bonchev–Trinajstić information content (AvgIpc) is 2.95. The van der Waals surface area contributed by atoms with Gasteiger partial charge in [-0.05, 0) is 55.0 Å². The molecule has 0 bridgehead atoms. The highest BCUT2D eigenvalue weighted by atomic mass is 14.9. The molecule has 1 aliphatic heterocycles. The molecule has 4 rings (SSSR count). The van der Waals surface area contributed by atoms with Gasteiger partial charge in [0, 0.05) is 18.0 Å². The third-order valence-electron chi connectivity index (χ3n) is 4.61. The van der Waals surface area contributed by atoms with Crippen LogP contribution in [-0.2, 0) is 12.8 Å². The number of hydrogen-bond acceptors (Lipinski definition) is 3. The van der Waals surface area contributed by atoms with Gasteiger partial charge in [0.05, 0.1) is 5.54 Å². The van der Waals surface area contributed by atoms with Crippen LogP contribution in [0.1, 0.15) is 30.4 Å². The monoisotopic (exact) mass is 263 g/mol. The maximum atomic E-state index is 4.78. The van der Waals surface area contributed by atoms with Gasteiger partial charge in [-0.2, -0.15) is 0 Å². The SMILES string of the molecule is C1=NC2(CC1)CCc1c(cccc1-c1cncnc1)C2. The van der Waals surface area contributed by atoms with Gasteiger partial charge >= 0.3 is 0 Å². The fourth-order valence-corrected chi connectivity index (χ4v) is 3.58. The molecule has 3 heteroatoms. The Morgan fingerprint density at radius 3 is 2.75 bits per heavy atom. The molecule has 20 heavy (non-hydrogen) atoms. The largest absolute Gasteiger partial charge is 0.291 e. The van der Waals surface area contributed by atoms with Crippen LogP contribution in [0.3, 0.4) is 0 Å². The molecule has 1 aromatic carbocycles. The summed E-state index contributed by atoms with van der Waals surface area (Å²) in [6.07, 6.45) is 13.2. The summed E-state index contributed by atoms with van der Waals surface area (Å²) in [6, 6.07) is 6.60. The first kappa shape index (κ1) is 11.8. The number of hydrogen-bond donors (Lipinski definition) is 0. The first-order chi connectivity index (χ1) is 9.86. The van der Waals surface area contributed by atoms with Crippen LogP contribution in [0.4, 0.5) is 0 Å². The van der Waals surface area contributed by atoms with E-state index in [1.807, 2.05) is 12.4 Å². The van der Waals surface area contributed by atoms with Gasteiger partial charge in [0.1, 0.15) is 6.33 Å². The van der Waals surface area contributed by atoms with E-state index in [1.165, 1.54) is 29.5 Å². The molecular formula is C17H17N3. The molecule has 1 aliphatic carbocycles. The smallest absolute Gasteiger partial charge is 0.115 e. The number of rotatable bonds is 1. The molecule has 0 saturated heterocycles. The van der Waals surface area contributed by atoms with Gasteiger partial charge < -0.3 is 0 Å². The van der Waals surface area contributed by atoms with Crippen molar-refractivity contribution >= 4 is 6.21 Å². The molecule has 0 N–H and O–H groups in total. The number of aliphatic imine (C=N–C) groups is 1. The number of fused-ring (bicyclic) bond motifs is 1. The standard InChI is InChI=1S/C17H17N3/c1-3-13-9-17(6-2-8-20-17)7-5-16(13)15(4-1)14-10-18-12-19-11-14/h1,3-4,8,10-12H,2,5-7,9H2. The Morgan fingerprint density at radius 1 is 1.05 bits per heavy atom. The van der Waals surface area contributed by atoms with E-state index in [4.69, 9.17) is 4.99 Å². The average molecular weight is 263 g/mol. The predicted octanol–water partition coefficient (Wildman–Crippen LogP) is 3.24. The number of benzene rings is 1. The zero-order valence-corrected chi connectivity index (χ0v) is 11.4. The third-order valence-corrected chi connectivity index (χ3v) is 4.61. The molecule has 0 fully saturated rings. The lowest BCUT2D eigenvalue weighted by molar-refractivity contribution is 0.375. The van der Waals surface area contributed by atoms with E-state index in [2.05, 4.69) is 34.4 Å². The minimum Gasteiger partial charge on any atom is -0.291 e. The molecule has 1 atom stereocenters. The summed E-state index contributed by atoms with van der Waals surface area (Å²) in [5, 5.41) is 0. The molecule has 1 aromatic heterocycles. The van der Waals surface area contributed by atoms with Crippen molar-refractivity contribution in [2.45, 2.75) is 37.6 Å². The molecular weight excluding hydrogens is 246 g/mol. The Morgan fingerprint density at radius 2 is 1.95 bits per heavy atom. The van der Waals surface area contributed by atoms with Crippen LogP contribution in [0.2, 0.25) is 0 Å². The normalized spacial score (nSPS) is 24.0. The highest BCUT2D eigenvalue weighted by molar-refractivity contribution is 5.68. The van der Waals surface area contributed by atoms with Gasteiger partial charge in [-0.3, -0.25) is 4.99 Å². The zero-order valence-electron chi connectivity index (χ0n) is 11.4. The van der Waals surface area contributed by atoms with Crippen LogP contribution < -0.4 is 0 Å². The summed E-state index contributed by atoms with van der Waals surface area (Å²) in [6.45, 7) is 0. The molecule has 0 radical (unpaired) electrons. The molecule has 1 unspecified atom stereocenters. The second-order valence-corrected chi connectivity index (χ2v) is 5.82. The second-order valence-electron chi connectivity index (χ2n) is 5.82. The summed E-state index contributed by atoms with van der Waals surface area (Å²) >= 11 is 0. The first-order valence-electron chi connectivity index (χ1n) is 7.26. The first-order valence-corrected chi connectivity index (χ1v) is 7.26. The van der Waals surface area contributed by atoms with E-state index >= 15 is 0 Å². The Hall–Kier alpha value is -2.03. The summed E-state index contributed by atoms with van der Waals surface area (Å²) in [7, 11) is 0. The third kappa shape index (κ3) is 1.85. The van der Waals surface area contributed by atoms with Crippen molar-refractivity contribution < 1.29 is 0 Å². The lowest BCUT2D eigenvalue weighted by Gasteiger charge is -2.33. The van der Waals surface area contributed by atoms with Crippen LogP contribution in [0.5, 0.6) is 0 Å². The number of aromatic nitrogens is 2. The van der Waals surface area contributed by atoms with Gasteiger partial charge in [-0.15, -0.1) is 0 Å². The highest BCUT2D eigenvalue weighted by Gasteiger charge is 2.35. The van der Waals surface area contributed by atoms with Gasteiger partial charge in [-0.25, -0.2) is 9.97 Å². The van der Waals surface area contributed by atoms with E-state index in [0.717, 1.165) is 24.8 Å². The highest BCUT2D eigenvalue weighted by Crippen LogP contribution is 2.40. The van der Waals surface area contributed by atoms with Crippen molar-refractivity contribution in [1.82, 2.24) is 9.97 Å². The van der Waals surface area contributed by atoms with Gasteiger partial charge in [0.15, 0.2) is 0 Å². The van der Waals surface area contributed by atoms with E-state index in [9.17, 15) is 0 Å². The van der Waals surface area contributed by atoms with Crippen molar-refractivity contribution in [1.29, 1.82) is 0 Å². The van der Waals surface area contributed by atoms with Crippen molar-refractivity contribution in [3.05, 3.63) is 48.0 Å². The second kappa shape index (κ2) is 4.51. The Balaban J connectivity index is 1.77. The minimum absolute atomic E-state index is 0.193. The van der Waals surface area contributed by atoms with Gasteiger partial charge in [0.2, 0.25) is 0 Å². The van der Waals surface area contributed by atoms with Gasteiger partial charge in [0.25, 0.3) is 0 Å². The molecule has 1 spiro atoms.